The molecule has 1 aromatic rings. The second-order valence-corrected chi connectivity index (χ2v) is 3.92. The summed E-state index contributed by atoms with van der Waals surface area (Å²) in [6, 6.07) is 2.55. The highest BCUT2D eigenvalue weighted by atomic mass is 79.9. The molecule has 6 nitrogen and oxygen atoms in total. The summed E-state index contributed by atoms with van der Waals surface area (Å²) in [4.78, 5) is 31.7. The quantitative estimate of drug-likeness (QED) is 0.396. The Morgan fingerprint density at radius 1 is 1.44 bits per heavy atom. The average Bonchev–Trinajstić information content (AvgIpc) is 2.15. The normalized spacial score (nSPS) is 9.88. The fraction of sp³-hybridized carbons (Fsp3) is 0.111. The maximum absolute atomic E-state index is 11.3. The summed E-state index contributed by atoms with van der Waals surface area (Å²) in [5, 5.41) is 19.2. The van der Waals surface area contributed by atoms with Crippen LogP contribution in [0.3, 0.4) is 0 Å². The Morgan fingerprint density at radius 2 is 2.00 bits per heavy atom. The smallest absolute Gasteiger partial charge is 0.377 e. The van der Waals surface area contributed by atoms with E-state index in [9.17, 15) is 19.7 Å². The Labute approximate surface area is 98.2 Å². The van der Waals surface area contributed by atoms with Gasteiger partial charge in [-0.2, -0.15) is 0 Å². The molecule has 1 rings (SSSR count). The number of aliphatic carboxylic acids is 1. The molecule has 0 saturated carbocycles. The van der Waals surface area contributed by atoms with E-state index >= 15 is 0 Å². The van der Waals surface area contributed by atoms with Gasteiger partial charge in [-0.05, 0) is 18.6 Å². The van der Waals surface area contributed by atoms with Gasteiger partial charge in [-0.15, -0.1) is 0 Å². The molecule has 0 bridgehead atoms. The number of hydrogen-bond donors (Lipinski definition) is 1. The van der Waals surface area contributed by atoms with E-state index in [1.807, 2.05) is 0 Å². The van der Waals surface area contributed by atoms with Gasteiger partial charge in [-0.25, -0.2) is 4.79 Å². The van der Waals surface area contributed by atoms with Crippen LogP contribution >= 0.6 is 15.9 Å². The molecule has 0 aliphatic carbocycles. The molecule has 1 aromatic carbocycles. The van der Waals surface area contributed by atoms with Crippen molar-refractivity contribution in [3.63, 3.8) is 0 Å². The molecule has 7 heteroatoms. The lowest BCUT2D eigenvalue weighted by Gasteiger charge is -2.04. The highest BCUT2D eigenvalue weighted by Gasteiger charge is 2.27. The van der Waals surface area contributed by atoms with E-state index in [1.54, 1.807) is 0 Å². The van der Waals surface area contributed by atoms with Crippen molar-refractivity contribution in [2.24, 2.45) is 0 Å². The Kier molecular flexibility index (Phi) is 3.38. The lowest BCUT2D eigenvalue weighted by Crippen LogP contribution is -2.16. The number of Topliss-reactive ketones (excluding diaryl/α,β-unsaturated/α-hetero) is 1. The predicted molar refractivity (Wildman–Crippen MR) is 57.5 cm³/mol. The van der Waals surface area contributed by atoms with Crippen molar-refractivity contribution in [2.45, 2.75) is 6.92 Å². The number of halogens is 1. The lowest BCUT2D eigenvalue weighted by molar-refractivity contribution is -0.385. The molecular formula is C9H6BrNO5. The van der Waals surface area contributed by atoms with Crippen LogP contribution in [0.15, 0.2) is 16.6 Å². The fourth-order valence-electron chi connectivity index (χ4n) is 1.27. The topological polar surface area (TPSA) is 97.5 Å². The first-order valence-corrected chi connectivity index (χ1v) is 4.86. The van der Waals surface area contributed by atoms with Gasteiger partial charge in [0.05, 0.1) is 4.92 Å². The maximum Gasteiger partial charge on any atom is 0.377 e. The van der Waals surface area contributed by atoms with Crippen LogP contribution in [0.4, 0.5) is 5.69 Å². The van der Waals surface area contributed by atoms with Crippen LogP contribution < -0.4 is 0 Å². The molecule has 0 amide bonds. The number of carbonyl (C=O) groups is 2. The predicted octanol–water partition coefficient (Wildman–Crippen LogP) is 1.93. The SMILES string of the molecule is Cc1cc(Br)cc([N+](=O)[O-])c1C(=O)C(=O)O. The van der Waals surface area contributed by atoms with Gasteiger partial charge in [0.15, 0.2) is 0 Å². The van der Waals surface area contributed by atoms with E-state index in [1.165, 1.54) is 13.0 Å². The minimum absolute atomic E-state index is 0.244. The first kappa shape index (κ1) is 12.3. The molecular weight excluding hydrogens is 282 g/mol. The summed E-state index contributed by atoms with van der Waals surface area (Å²) < 4.78 is 0.415. The molecule has 16 heavy (non-hydrogen) atoms. The highest BCUT2D eigenvalue weighted by molar-refractivity contribution is 9.10. The van der Waals surface area contributed by atoms with Crippen molar-refractivity contribution in [3.8, 4) is 0 Å². The van der Waals surface area contributed by atoms with Crippen molar-refractivity contribution in [2.75, 3.05) is 0 Å². The van der Waals surface area contributed by atoms with E-state index in [0.29, 0.717) is 4.47 Å². The highest BCUT2D eigenvalue weighted by Crippen LogP contribution is 2.27. The van der Waals surface area contributed by atoms with E-state index < -0.39 is 22.4 Å². The summed E-state index contributed by atoms with van der Waals surface area (Å²) in [7, 11) is 0. The van der Waals surface area contributed by atoms with Crippen molar-refractivity contribution in [3.05, 3.63) is 37.8 Å². The first-order chi connectivity index (χ1) is 7.34. The Bertz CT molecular complexity index is 497. The van der Waals surface area contributed by atoms with Crippen LogP contribution in [-0.2, 0) is 4.79 Å². The number of rotatable bonds is 3. The molecule has 0 spiro atoms. The Morgan fingerprint density at radius 3 is 2.44 bits per heavy atom. The minimum atomic E-state index is -1.71. The number of nitrogens with zero attached hydrogens (tertiary/aromatic N) is 1. The Balaban J connectivity index is 3.53. The van der Waals surface area contributed by atoms with Gasteiger partial charge < -0.3 is 5.11 Å². The molecule has 0 aliphatic rings. The first-order valence-electron chi connectivity index (χ1n) is 4.06. The average molecular weight is 288 g/mol. The van der Waals surface area contributed by atoms with Gasteiger partial charge in [0.25, 0.3) is 11.5 Å². The monoisotopic (exact) mass is 287 g/mol. The zero-order valence-corrected chi connectivity index (χ0v) is 9.65. The number of benzene rings is 1. The number of aryl methyl sites for hydroxylation is 1. The van der Waals surface area contributed by atoms with Crippen LogP contribution in [0.1, 0.15) is 15.9 Å². The number of carbonyl (C=O) groups excluding carboxylic acids is 1. The van der Waals surface area contributed by atoms with Crippen LogP contribution in [0, 0.1) is 17.0 Å². The van der Waals surface area contributed by atoms with Gasteiger partial charge >= 0.3 is 5.97 Å². The number of carboxylic acids is 1. The molecule has 0 unspecified atom stereocenters. The molecule has 0 aliphatic heterocycles. The van der Waals surface area contributed by atoms with E-state index in [-0.39, 0.29) is 11.1 Å². The molecule has 0 fully saturated rings. The number of hydrogen-bond acceptors (Lipinski definition) is 4. The standard InChI is InChI=1S/C9H6BrNO5/c1-4-2-5(10)3-6(11(15)16)7(4)8(12)9(13)14/h2-3H,1H3,(H,13,14). The van der Waals surface area contributed by atoms with Crippen LogP contribution in [0.25, 0.3) is 0 Å². The summed E-state index contributed by atoms with van der Waals surface area (Å²) >= 11 is 3.04. The maximum atomic E-state index is 11.3. The van der Waals surface area contributed by atoms with Gasteiger partial charge in [0.2, 0.25) is 0 Å². The zero-order chi connectivity index (χ0) is 12.5. The third-order valence-corrected chi connectivity index (χ3v) is 2.36. The summed E-state index contributed by atoms with van der Waals surface area (Å²) in [6.45, 7) is 1.44. The molecule has 0 aromatic heterocycles. The van der Waals surface area contributed by atoms with Crippen LogP contribution in [-0.4, -0.2) is 21.8 Å². The Hall–Kier alpha value is -1.76. The number of nitro groups is 1. The van der Waals surface area contributed by atoms with Crippen molar-refractivity contribution in [1.29, 1.82) is 0 Å². The molecule has 84 valence electrons. The van der Waals surface area contributed by atoms with Crippen molar-refractivity contribution in [1.82, 2.24) is 0 Å². The third kappa shape index (κ3) is 2.25. The van der Waals surface area contributed by atoms with Crippen LogP contribution in [0.5, 0.6) is 0 Å². The van der Waals surface area contributed by atoms with Gasteiger partial charge in [-0.3, -0.25) is 14.9 Å². The second-order valence-electron chi connectivity index (χ2n) is 3.01. The molecule has 0 atom stereocenters. The fourth-order valence-corrected chi connectivity index (χ4v) is 1.83. The minimum Gasteiger partial charge on any atom is -0.475 e. The molecule has 1 N–H and O–H groups in total. The number of ketones is 1. The number of carboxylic acid groups (broad SMARTS) is 1. The van der Waals surface area contributed by atoms with Crippen LogP contribution in [0.2, 0.25) is 0 Å². The summed E-state index contributed by atoms with van der Waals surface area (Å²) in [5.41, 5.74) is -0.659. The van der Waals surface area contributed by atoms with E-state index in [4.69, 9.17) is 5.11 Å². The van der Waals surface area contributed by atoms with Gasteiger partial charge in [0, 0.05) is 10.5 Å². The number of nitro benzene ring substituents is 1. The second kappa shape index (κ2) is 4.40. The van der Waals surface area contributed by atoms with Crippen molar-refractivity contribution >= 4 is 33.4 Å². The van der Waals surface area contributed by atoms with E-state index in [2.05, 4.69) is 15.9 Å². The van der Waals surface area contributed by atoms with Crippen molar-refractivity contribution < 1.29 is 19.6 Å². The molecule has 0 heterocycles. The lowest BCUT2D eigenvalue weighted by atomic mass is 10.0. The zero-order valence-electron chi connectivity index (χ0n) is 8.06. The van der Waals surface area contributed by atoms with Gasteiger partial charge in [0.1, 0.15) is 5.56 Å². The molecule has 0 radical (unpaired) electrons. The largest absolute Gasteiger partial charge is 0.475 e. The molecule has 0 saturated heterocycles. The summed E-state index contributed by atoms with van der Waals surface area (Å²) in [6.07, 6.45) is 0. The summed E-state index contributed by atoms with van der Waals surface area (Å²) in [5.74, 6) is -3.00. The van der Waals surface area contributed by atoms with E-state index in [0.717, 1.165) is 6.07 Å². The third-order valence-electron chi connectivity index (χ3n) is 1.90. The van der Waals surface area contributed by atoms with Gasteiger partial charge in [-0.1, -0.05) is 15.9 Å².